The molecule has 0 saturated heterocycles. The third-order valence-corrected chi connectivity index (χ3v) is 3.75. The highest BCUT2D eigenvalue weighted by atomic mass is 16.5. The number of aromatic nitrogens is 2. The molecule has 5 nitrogen and oxygen atoms in total. The molecule has 0 aliphatic heterocycles. The first-order valence-corrected chi connectivity index (χ1v) is 7.23. The van der Waals surface area contributed by atoms with E-state index in [0.717, 1.165) is 32.2 Å². The number of hydrogen-bond acceptors (Lipinski definition) is 5. The predicted molar refractivity (Wildman–Crippen MR) is 75.0 cm³/mol. The van der Waals surface area contributed by atoms with Crippen LogP contribution in [0.15, 0.2) is 4.52 Å². The number of aryl methyl sites for hydroxylation is 1. The number of methoxy groups -OCH3 is 1. The van der Waals surface area contributed by atoms with Crippen molar-refractivity contribution in [3.8, 4) is 0 Å². The van der Waals surface area contributed by atoms with Gasteiger partial charge < -0.3 is 14.6 Å². The highest BCUT2D eigenvalue weighted by Crippen LogP contribution is 2.30. The molecule has 0 spiro atoms. The molecule has 0 aliphatic carbocycles. The first-order valence-electron chi connectivity index (χ1n) is 7.23. The highest BCUT2D eigenvalue weighted by Gasteiger charge is 2.33. The summed E-state index contributed by atoms with van der Waals surface area (Å²) in [5.41, 5.74) is -0.408. The highest BCUT2D eigenvalue weighted by molar-refractivity contribution is 5.01. The number of nitrogens with zero attached hydrogens (tertiary/aromatic N) is 2. The fourth-order valence-corrected chi connectivity index (χ4v) is 2.28. The lowest BCUT2D eigenvalue weighted by Crippen LogP contribution is -2.28. The molecule has 110 valence electrons. The third kappa shape index (κ3) is 4.01. The minimum Gasteiger partial charge on any atom is -0.370 e. The summed E-state index contributed by atoms with van der Waals surface area (Å²) in [6, 6.07) is 0.463. The lowest BCUT2D eigenvalue weighted by atomic mass is 9.96. The number of ether oxygens (including phenoxy) is 1. The minimum atomic E-state index is -0.408. The second-order valence-corrected chi connectivity index (χ2v) is 4.91. The van der Waals surface area contributed by atoms with Crippen molar-refractivity contribution < 1.29 is 9.26 Å². The first-order chi connectivity index (χ1) is 9.11. The van der Waals surface area contributed by atoms with Crippen molar-refractivity contribution in [1.29, 1.82) is 0 Å². The molecule has 5 heteroatoms. The Labute approximate surface area is 116 Å². The average molecular weight is 269 g/mol. The van der Waals surface area contributed by atoms with Crippen molar-refractivity contribution in [3.63, 3.8) is 0 Å². The lowest BCUT2D eigenvalue weighted by Gasteiger charge is -2.25. The molecule has 1 heterocycles. The van der Waals surface area contributed by atoms with E-state index in [2.05, 4.69) is 43.2 Å². The van der Waals surface area contributed by atoms with Gasteiger partial charge in [-0.1, -0.05) is 25.9 Å². The third-order valence-electron chi connectivity index (χ3n) is 3.75. The molecular weight excluding hydrogens is 242 g/mol. The molecule has 0 aliphatic rings. The largest absolute Gasteiger partial charge is 0.370 e. The van der Waals surface area contributed by atoms with Crippen molar-refractivity contribution in [2.45, 2.75) is 65.0 Å². The van der Waals surface area contributed by atoms with Gasteiger partial charge in [0.05, 0.1) is 0 Å². The molecule has 0 saturated carbocycles. The van der Waals surface area contributed by atoms with E-state index in [1.165, 1.54) is 0 Å². The molecule has 19 heavy (non-hydrogen) atoms. The normalized spacial score (nSPS) is 13.7. The van der Waals surface area contributed by atoms with Crippen LogP contribution in [-0.2, 0) is 16.8 Å². The van der Waals surface area contributed by atoms with E-state index in [0.29, 0.717) is 17.8 Å². The van der Waals surface area contributed by atoms with E-state index >= 15 is 0 Å². The monoisotopic (exact) mass is 269 g/mol. The van der Waals surface area contributed by atoms with Crippen molar-refractivity contribution in [2.75, 3.05) is 13.7 Å². The molecule has 0 fully saturated rings. The van der Waals surface area contributed by atoms with Gasteiger partial charge in [-0.15, -0.1) is 0 Å². The summed E-state index contributed by atoms with van der Waals surface area (Å²) >= 11 is 0. The molecule has 1 atom stereocenters. The van der Waals surface area contributed by atoms with Gasteiger partial charge in [-0.2, -0.15) is 4.98 Å². The molecule has 0 aromatic carbocycles. The summed E-state index contributed by atoms with van der Waals surface area (Å²) in [5.74, 6) is 1.37. The SMILES string of the molecule is CCNC(C)CCc1nc(C(CC)(CC)OC)no1. The van der Waals surface area contributed by atoms with Gasteiger partial charge in [-0.25, -0.2) is 0 Å². The van der Waals surface area contributed by atoms with Crippen LogP contribution in [0.1, 0.15) is 58.7 Å². The lowest BCUT2D eigenvalue weighted by molar-refractivity contribution is -0.0306. The molecule has 1 aromatic rings. The van der Waals surface area contributed by atoms with Crippen LogP contribution in [0.4, 0.5) is 0 Å². The maximum Gasteiger partial charge on any atom is 0.226 e. The molecule has 1 aromatic heterocycles. The van der Waals surface area contributed by atoms with Crippen LogP contribution < -0.4 is 5.32 Å². The minimum absolute atomic E-state index is 0.408. The van der Waals surface area contributed by atoms with Crippen LogP contribution in [0, 0.1) is 0 Å². The molecule has 0 radical (unpaired) electrons. The Kier molecular flexibility index (Phi) is 6.45. The van der Waals surface area contributed by atoms with E-state index < -0.39 is 5.60 Å². The maximum absolute atomic E-state index is 5.60. The summed E-state index contributed by atoms with van der Waals surface area (Å²) in [5, 5.41) is 7.47. The number of nitrogens with one attached hydrogen (secondary N) is 1. The van der Waals surface area contributed by atoms with Crippen LogP contribution in [0.2, 0.25) is 0 Å². The smallest absolute Gasteiger partial charge is 0.226 e. The first kappa shape index (κ1) is 16.1. The van der Waals surface area contributed by atoms with Crippen LogP contribution in [0.5, 0.6) is 0 Å². The summed E-state index contributed by atoms with van der Waals surface area (Å²) < 4.78 is 10.9. The quantitative estimate of drug-likeness (QED) is 0.747. The second kappa shape index (κ2) is 7.60. The molecule has 1 rings (SSSR count). The van der Waals surface area contributed by atoms with E-state index in [1.54, 1.807) is 7.11 Å². The van der Waals surface area contributed by atoms with E-state index in [4.69, 9.17) is 9.26 Å². The summed E-state index contributed by atoms with van der Waals surface area (Å²) in [6.45, 7) is 9.41. The maximum atomic E-state index is 5.60. The van der Waals surface area contributed by atoms with Crippen LogP contribution in [0.3, 0.4) is 0 Å². The van der Waals surface area contributed by atoms with Gasteiger partial charge >= 0.3 is 0 Å². The van der Waals surface area contributed by atoms with Crippen molar-refractivity contribution >= 4 is 0 Å². The Hall–Kier alpha value is -0.940. The van der Waals surface area contributed by atoms with Gasteiger partial charge in [0.15, 0.2) is 0 Å². The molecular formula is C14H27N3O2. The number of hydrogen-bond donors (Lipinski definition) is 1. The van der Waals surface area contributed by atoms with Gasteiger partial charge in [0.1, 0.15) is 5.60 Å². The summed E-state index contributed by atoms with van der Waals surface area (Å²) in [7, 11) is 1.70. The summed E-state index contributed by atoms with van der Waals surface area (Å²) in [4.78, 5) is 4.50. The Morgan fingerprint density at radius 3 is 2.53 bits per heavy atom. The van der Waals surface area contributed by atoms with Gasteiger partial charge in [0.25, 0.3) is 0 Å². The van der Waals surface area contributed by atoms with Gasteiger partial charge in [0.2, 0.25) is 11.7 Å². The standard InChI is InChI=1S/C14H27N3O2/c1-6-14(7-2,18-5)13-16-12(19-17-13)10-9-11(4)15-8-3/h11,15H,6-10H2,1-5H3. The Bertz CT molecular complexity index is 353. The fraction of sp³-hybridized carbons (Fsp3) is 0.857. The van der Waals surface area contributed by atoms with Crippen molar-refractivity contribution in [1.82, 2.24) is 15.5 Å². The Morgan fingerprint density at radius 2 is 2.00 bits per heavy atom. The van der Waals surface area contributed by atoms with E-state index in [9.17, 15) is 0 Å². The zero-order valence-corrected chi connectivity index (χ0v) is 12.8. The Morgan fingerprint density at radius 1 is 1.32 bits per heavy atom. The fourth-order valence-electron chi connectivity index (χ4n) is 2.28. The van der Waals surface area contributed by atoms with Gasteiger partial charge in [-0.05, 0) is 32.7 Å². The average Bonchev–Trinajstić information content (AvgIpc) is 2.89. The van der Waals surface area contributed by atoms with Crippen molar-refractivity contribution in [3.05, 3.63) is 11.7 Å². The van der Waals surface area contributed by atoms with Crippen LogP contribution in [-0.4, -0.2) is 29.8 Å². The predicted octanol–water partition coefficient (Wildman–Crippen LogP) is 2.66. The molecule has 0 amide bonds. The Balaban J connectivity index is 2.66. The molecule has 1 unspecified atom stereocenters. The molecule has 0 bridgehead atoms. The van der Waals surface area contributed by atoms with Crippen molar-refractivity contribution in [2.24, 2.45) is 0 Å². The van der Waals surface area contributed by atoms with Crippen LogP contribution in [0.25, 0.3) is 0 Å². The van der Waals surface area contributed by atoms with Gasteiger partial charge in [-0.3, -0.25) is 0 Å². The van der Waals surface area contributed by atoms with E-state index in [1.807, 2.05) is 0 Å². The zero-order chi connectivity index (χ0) is 14.3. The van der Waals surface area contributed by atoms with E-state index in [-0.39, 0.29) is 0 Å². The topological polar surface area (TPSA) is 60.2 Å². The summed E-state index contributed by atoms with van der Waals surface area (Å²) in [6.07, 6.45) is 3.47. The zero-order valence-electron chi connectivity index (χ0n) is 12.8. The van der Waals surface area contributed by atoms with Gasteiger partial charge in [0, 0.05) is 19.6 Å². The van der Waals surface area contributed by atoms with Crippen LogP contribution >= 0.6 is 0 Å². The molecule has 1 N–H and O–H groups in total. The number of rotatable bonds is 9. The second-order valence-electron chi connectivity index (χ2n) is 4.91.